The van der Waals surface area contributed by atoms with E-state index in [2.05, 4.69) is 17.7 Å². The van der Waals surface area contributed by atoms with E-state index in [-0.39, 0.29) is 30.9 Å². The second-order valence-corrected chi connectivity index (χ2v) is 8.55. The molecule has 0 fully saturated rings. The fourth-order valence-corrected chi connectivity index (χ4v) is 3.26. The molecule has 0 saturated heterocycles. The van der Waals surface area contributed by atoms with Crippen molar-refractivity contribution >= 4 is 17.7 Å². The van der Waals surface area contributed by atoms with Crippen LogP contribution in [0.3, 0.4) is 0 Å². The van der Waals surface area contributed by atoms with E-state index in [9.17, 15) is 14.4 Å². The molecule has 0 aliphatic rings. The van der Waals surface area contributed by atoms with Crippen LogP contribution in [0.4, 0.5) is 0 Å². The smallest absolute Gasteiger partial charge is 0.306 e. The van der Waals surface area contributed by atoms with Gasteiger partial charge in [0.2, 0.25) is 0 Å². The number of hydrogen-bond donors (Lipinski definition) is 0. The molecule has 0 amide bonds. The highest BCUT2D eigenvalue weighted by atomic mass is 16.5. The van der Waals surface area contributed by atoms with Gasteiger partial charge in [-0.3, -0.25) is 14.4 Å². The van der Waals surface area contributed by atoms with Gasteiger partial charge in [0, 0.05) is 26.1 Å². The lowest BCUT2D eigenvalue weighted by molar-refractivity contribution is -0.142. The first kappa shape index (κ1) is 32.3. The quantitative estimate of drug-likeness (QED) is 0.0928. The second-order valence-electron chi connectivity index (χ2n) is 8.55. The van der Waals surface area contributed by atoms with Crippen LogP contribution in [-0.4, -0.2) is 57.9 Å². The van der Waals surface area contributed by atoms with E-state index in [1.165, 1.54) is 45.6 Å². The number of esters is 2. The zero-order valence-corrected chi connectivity index (χ0v) is 21.7. The lowest BCUT2D eigenvalue weighted by Crippen LogP contribution is -2.16. The van der Waals surface area contributed by atoms with Crippen LogP contribution >= 0.6 is 0 Å². The summed E-state index contributed by atoms with van der Waals surface area (Å²) in [6.07, 6.45) is 18.5. The molecular formula is C27H48O7. The van der Waals surface area contributed by atoms with Crippen LogP contribution in [0.1, 0.15) is 103 Å². The lowest BCUT2D eigenvalue weighted by Gasteiger charge is -2.06. The SMILES string of the molecule is CCCCCCCC/C=C\COC(=O)CCCCCOCC(=O)COCCCCCC(=O)OC. The summed E-state index contributed by atoms with van der Waals surface area (Å²) in [5.74, 6) is -0.444. The van der Waals surface area contributed by atoms with Gasteiger partial charge < -0.3 is 18.9 Å². The maximum absolute atomic E-state index is 11.7. The predicted molar refractivity (Wildman–Crippen MR) is 134 cm³/mol. The van der Waals surface area contributed by atoms with Crippen molar-refractivity contribution in [3.05, 3.63) is 12.2 Å². The Hall–Kier alpha value is -1.73. The fraction of sp³-hybridized carbons (Fsp3) is 0.815. The van der Waals surface area contributed by atoms with Gasteiger partial charge in [-0.1, -0.05) is 64.0 Å². The zero-order chi connectivity index (χ0) is 25.1. The molecule has 0 saturated carbocycles. The maximum Gasteiger partial charge on any atom is 0.306 e. The summed E-state index contributed by atoms with van der Waals surface area (Å²) in [6.45, 7) is 3.68. The third-order valence-corrected chi connectivity index (χ3v) is 5.32. The molecule has 7 nitrogen and oxygen atoms in total. The molecule has 0 unspecified atom stereocenters. The molecule has 0 bridgehead atoms. The van der Waals surface area contributed by atoms with Crippen molar-refractivity contribution in [1.29, 1.82) is 0 Å². The van der Waals surface area contributed by atoms with E-state index in [4.69, 9.17) is 14.2 Å². The summed E-state index contributed by atoms with van der Waals surface area (Å²) >= 11 is 0. The molecule has 0 rings (SSSR count). The van der Waals surface area contributed by atoms with Gasteiger partial charge in [0.05, 0.1) is 7.11 Å². The van der Waals surface area contributed by atoms with Crippen molar-refractivity contribution in [3.8, 4) is 0 Å². The number of carbonyl (C=O) groups is 3. The summed E-state index contributed by atoms with van der Waals surface area (Å²) in [5, 5.41) is 0. The molecule has 0 radical (unpaired) electrons. The van der Waals surface area contributed by atoms with Crippen molar-refractivity contribution in [1.82, 2.24) is 0 Å². The molecule has 0 aliphatic heterocycles. The number of carbonyl (C=O) groups excluding carboxylic acids is 3. The van der Waals surface area contributed by atoms with Gasteiger partial charge in [0.15, 0.2) is 5.78 Å². The Bertz CT molecular complexity index is 531. The topological polar surface area (TPSA) is 88.1 Å². The van der Waals surface area contributed by atoms with E-state index in [0.717, 1.165) is 44.9 Å². The average molecular weight is 485 g/mol. The van der Waals surface area contributed by atoms with E-state index in [1.54, 1.807) is 0 Å². The first-order chi connectivity index (χ1) is 16.6. The summed E-state index contributed by atoms with van der Waals surface area (Å²) in [5.41, 5.74) is 0. The Labute approximate surface area is 206 Å². The van der Waals surface area contributed by atoms with Crippen LogP contribution in [0.15, 0.2) is 12.2 Å². The van der Waals surface area contributed by atoms with Crippen LogP contribution in [0.2, 0.25) is 0 Å². The van der Waals surface area contributed by atoms with Crippen molar-refractivity contribution in [2.24, 2.45) is 0 Å². The number of unbranched alkanes of at least 4 members (excludes halogenated alkanes) is 10. The number of rotatable bonds is 25. The fourth-order valence-electron chi connectivity index (χ4n) is 3.26. The van der Waals surface area contributed by atoms with Crippen LogP contribution in [0.5, 0.6) is 0 Å². The molecule has 7 heteroatoms. The van der Waals surface area contributed by atoms with E-state index >= 15 is 0 Å². The summed E-state index contributed by atoms with van der Waals surface area (Å²) in [6, 6.07) is 0. The molecule has 34 heavy (non-hydrogen) atoms. The number of allylic oxidation sites excluding steroid dienone is 1. The first-order valence-corrected chi connectivity index (χ1v) is 13.1. The number of ketones is 1. The maximum atomic E-state index is 11.7. The van der Waals surface area contributed by atoms with Gasteiger partial charge in [-0.25, -0.2) is 0 Å². The van der Waals surface area contributed by atoms with Gasteiger partial charge in [-0.05, 0) is 38.5 Å². The molecule has 0 heterocycles. The van der Waals surface area contributed by atoms with Crippen molar-refractivity contribution in [2.45, 2.75) is 103 Å². The minimum atomic E-state index is -0.199. The summed E-state index contributed by atoms with van der Waals surface area (Å²) in [7, 11) is 1.38. The van der Waals surface area contributed by atoms with Gasteiger partial charge in [0.1, 0.15) is 19.8 Å². The zero-order valence-electron chi connectivity index (χ0n) is 21.7. The van der Waals surface area contributed by atoms with Crippen LogP contribution in [0, 0.1) is 0 Å². The third-order valence-electron chi connectivity index (χ3n) is 5.32. The number of hydrogen-bond acceptors (Lipinski definition) is 7. The Morgan fingerprint density at radius 3 is 1.82 bits per heavy atom. The van der Waals surface area contributed by atoms with Crippen LogP contribution in [-0.2, 0) is 33.3 Å². The van der Waals surface area contributed by atoms with Gasteiger partial charge in [-0.2, -0.15) is 0 Å². The molecular weight excluding hydrogens is 436 g/mol. The van der Waals surface area contributed by atoms with Crippen molar-refractivity contribution in [3.63, 3.8) is 0 Å². The number of Topliss-reactive ketones (excluding diaryl/α,β-unsaturated/α-hetero) is 1. The molecule has 0 aliphatic carbocycles. The summed E-state index contributed by atoms with van der Waals surface area (Å²) < 4.78 is 20.5. The molecule has 0 aromatic heterocycles. The molecule has 0 aromatic carbocycles. The predicted octanol–water partition coefficient (Wildman–Crippen LogP) is 5.73. The minimum Gasteiger partial charge on any atom is -0.469 e. The minimum absolute atomic E-state index is 0.0510. The normalized spacial score (nSPS) is 11.1. The van der Waals surface area contributed by atoms with Crippen LogP contribution in [0.25, 0.3) is 0 Å². The number of methoxy groups -OCH3 is 1. The highest BCUT2D eigenvalue weighted by Crippen LogP contribution is 2.07. The molecule has 198 valence electrons. The molecule has 0 spiro atoms. The second kappa shape index (κ2) is 25.9. The van der Waals surface area contributed by atoms with E-state index in [1.807, 2.05) is 6.08 Å². The molecule has 0 N–H and O–H groups in total. The first-order valence-electron chi connectivity index (χ1n) is 13.1. The highest BCUT2D eigenvalue weighted by molar-refractivity contribution is 5.80. The Morgan fingerprint density at radius 2 is 1.21 bits per heavy atom. The molecule has 0 aromatic rings. The monoisotopic (exact) mass is 484 g/mol. The van der Waals surface area contributed by atoms with E-state index in [0.29, 0.717) is 32.7 Å². The largest absolute Gasteiger partial charge is 0.469 e. The Morgan fingerprint density at radius 1 is 0.647 bits per heavy atom. The summed E-state index contributed by atoms with van der Waals surface area (Å²) in [4.78, 5) is 34.4. The number of ether oxygens (including phenoxy) is 4. The Balaban J connectivity index is 3.36. The van der Waals surface area contributed by atoms with Crippen molar-refractivity contribution < 1.29 is 33.3 Å². The van der Waals surface area contributed by atoms with Crippen LogP contribution < -0.4 is 0 Å². The van der Waals surface area contributed by atoms with Gasteiger partial charge in [0.25, 0.3) is 0 Å². The van der Waals surface area contributed by atoms with Gasteiger partial charge >= 0.3 is 11.9 Å². The van der Waals surface area contributed by atoms with Crippen molar-refractivity contribution in [2.75, 3.05) is 40.1 Å². The van der Waals surface area contributed by atoms with Gasteiger partial charge in [-0.15, -0.1) is 0 Å². The standard InChI is InChI=1S/C27H48O7/c1-3-4-5-6-7-8-9-10-17-22-34-27(30)19-14-12-16-21-33-24-25(28)23-32-20-15-11-13-18-26(29)31-2/h10,17H,3-9,11-16,18-24H2,1-2H3/b17-10-. The third kappa shape index (κ3) is 24.9. The average Bonchev–Trinajstić information content (AvgIpc) is 2.83. The Kier molecular flexibility index (Phi) is 24.6. The van der Waals surface area contributed by atoms with E-state index < -0.39 is 0 Å². The lowest BCUT2D eigenvalue weighted by atomic mass is 10.1. The highest BCUT2D eigenvalue weighted by Gasteiger charge is 2.04. The molecule has 0 atom stereocenters.